The highest BCUT2D eigenvalue weighted by atomic mass is 16.1. The van der Waals surface area contributed by atoms with Crippen LogP contribution in [0.25, 0.3) is 11.3 Å². The first-order chi connectivity index (χ1) is 10.6. The van der Waals surface area contributed by atoms with Gasteiger partial charge in [0.15, 0.2) is 0 Å². The Hall–Kier alpha value is -2.50. The van der Waals surface area contributed by atoms with Crippen LogP contribution in [0.1, 0.15) is 20.3 Å². The molecule has 0 bridgehead atoms. The molecule has 1 N–H and O–H groups in total. The Bertz CT molecular complexity index is 680. The van der Waals surface area contributed by atoms with E-state index in [0.29, 0.717) is 31.1 Å². The third-order valence-electron chi connectivity index (χ3n) is 3.06. The largest absolute Gasteiger partial charge is 0.354 e. The average molecular weight is 300 g/mol. The minimum atomic E-state index is -0.189. The van der Waals surface area contributed by atoms with Gasteiger partial charge in [-0.05, 0) is 24.1 Å². The number of aromatic nitrogens is 3. The van der Waals surface area contributed by atoms with Gasteiger partial charge in [0.2, 0.25) is 5.91 Å². The van der Waals surface area contributed by atoms with Gasteiger partial charge in [-0.3, -0.25) is 14.6 Å². The number of nitrogens with zero attached hydrogens (tertiary/aromatic N) is 3. The molecule has 2 aromatic rings. The van der Waals surface area contributed by atoms with Gasteiger partial charge in [-0.2, -0.15) is 5.10 Å². The molecule has 0 saturated heterocycles. The Morgan fingerprint density at radius 1 is 1.32 bits per heavy atom. The Labute approximate surface area is 129 Å². The van der Waals surface area contributed by atoms with E-state index in [1.807, 2.05) is 26.0 Å². The smallest absolute Gasteiger partial charge is 0.266 e. The van der Waals surface area contributed by atoms with Gasteiger partial charge >= 0.3 is 0 Å². The van der Waals surface area contributed by atoms with Gasteiger partial charge in [0.05, 0.1) is 12.2 Å². The molecule has 6 nitrogen and oxygen atoms in total. The number of rotatable bonds is 6. The fourth-order valence-electron chi connectivity index (χ4n) is 2.02. The zero-order chi connectivity index (χ0) is 15.9. The van der Waals surface area contributed by atoms with Crippen LogP contribution in [-0.4, -0.2) is 27.2 Å². The fourth-order valence-corrected chi connectivity index (χ4v) is 2.02. The number of nitrogens with one attached hydrogen (secondary N) is 1. The molecule has 0 fully saturated rings. The first-order valence-electron chi connectivity index (χ1n) is 7.31. The predicted octanol–water partition coefficient (Wildman–Crippen LogP) is 1.47. The summed E-state index contributed by atoms with van der Waals surface area (Å²) >= 11 is 0. The second kappa shape index (κ2) is 7.49. The van der Waals surface area contributed by atoms with Gasteiger partial charge < -0.3 is 5.32 Å². The van der Waals surface area contributed by atoms with E-state index in [1.54, 1.807) is 18.5 Å². The molecule has 6 heteroatoms. The molecular formula is C16H20N4O2. The first kappa shape index (κ1) is 15.9. The van der Waals surface area contributed by atoms with Crippen molar-refractivity contribution in [2.75, 3.05) is 6.54 Å². The lowest BCUT2D eigenvalue weighted by atomic mass is 10.1. The Kier molecular flexibility index (Phi) is 5.41. The van der Waals surface area contributed by atoms with Crippen molar-refractivity contribution in [1.82, 2.24) is 20.1 Å². The third kappa shape index (κ3) is 4.51. The van der Waals surface area contributed by atoms with Gasteiger partial charge in [0.25, 0.3) is 5.56 Å². The van der Waals surface area contributed by atoms with E-state index in [2.05, 4.69) is 15.4 Å². The lowest BCUT2D eigenvalue weighted by Gasteiger charge is -2.09. The van der Waals surface area contributed by atoms with Crippen LogP contribution < -0.4 is 10.9 Å². The zero-order valence-corrected chi connectivity index (χ0v) is 12.8. The summed E-state index contributed by atoms with van der Waals surface area (Å²) in [7, 11) is 0. The Morgan fingerprint density at radius 3 is 2.82 bits per heavy atom. The average Bonchev–Trinajstić information content (AvgIpc) is 2.49. The lowest BCUT2D eigenvalue weighted by Crippen LogP contribution is -2.32. The molecule has 0 aliphatic heterocycles. The highest BCUT2D eigenvalue weighted by molar-refractivity contribution is 5.75. The van der Waals surface area contributed by atoms with Gasteiger partial charge in [-0.25, -0.2) is 4.68 Å². The normalized spacial score (nSPS) is 10.7. The van der Waals surface area contributed by atoms with Crippen LogP contribution in [0.4, 0.5) is 0 Å². The number of hydrogen-bond donors (Lipinski definition) is 1. The maximum atomic E-state index is 11.8. The minimum absolute atomic E-state index is 0.00790. The highest BCUT2D eigenvalue weighted by Gasteiger charge is 2.06. The van der Waals surface area contributed by atoms with Crippen molar-refractivity contribution in [2.24, 2.45) is 5.92 Å². The summed E-state index contributed by atoms with van der Waals surface area (Å²) in [4.78, 5) is 27.5. The summed E-state index contributed by atoms with van der Waals surface area (Å²) in [6, 6.07) is 6.85. The quantitative estimate of drug-likeness (QED) is 0.876. The van der Waals surface area contributed by atoms with Crippen molar-refractivity contribution in [3.63, 3.8) is 0 Å². The summed E-state index contributed by atoms with van der Waals surface area (Å²) in [5.41, 5.74) is 1.34. The molecule has 2 rings (SSSR count). The molecule has 116 valence electrons. The number of hydrogen-bond acceptors (Lipinski definition) is 4. The van der Waals surface area contributed by atoms with Crippen molar-refractivity contribution >= 4 is 5.91 Å². The molecule has 1 amide bonds. The second-order valence-electron chi connectivity index (χ2n) is 5.47. The molecule has 2 heterocycles. The van der Waals surface area contributed by atoms with E-state index in [9.17, 15) is 9.59 Å². The van der Waals surface area contributed by atoms with Gasteiger partial charge in [0.1, 0.15) is 0 Å². The Balaban J connectivity index is 2.02. The van der Waals surface area contributed by atoms with Crippen molar-refractivity contribution in [2.45, 2.75) is 26.8 Å². The molecule has 0 atom stereocenters. The molecule has 22 heavy (non-hydrogen) atoms. The van der Waals surface area contributed by atoms with Crippen LogP contribution in [-0.2, 0) is 11.3 Å². The third-order valence-corrected chi connectivity index (χ3v) is 3.06. The molecule has 0 spiro atoms. The highest BCUT2D eigenvalue weighted by Crippen LogP contribution is 2.12. The standard InChI is InChI=1S/C16H20N4O2/c1-12(2)10-15(21)18-8-9-20-16(22)6-5-14(19-20)13-4-3-7-17-11-13/h3-7,11-12H,8-10H2,1-2H3,(H,18,21). The minimum Gasteiger partial charge on any atom is -0.354 e. The lowest BCUT2D eigenvalue weighted by molar-refractivity contribution is -0.121. The van der Waals surface area contributed by atoms with Gasteiger partial charge in [-0.15, -0.1) is 0 Å². The summed E-state index contributed by atoms with van der Waals surface area (Å²) in [5.74, 6) is 0.307. The summed E-state index contributed by atoms with van der Waals surface area (Å²) < 4.78 is 1.36. The molecule has 0 aromatic carbocycles. The van der Waals surface area contributed by atoms with E-state index in [0.717, 1.165) is 5.56 Å². The number of pyridine rings is 1. The SMILES string of the molecule is CC(C)CC(=O)NCCn1nc(-c2cccnc2)ccc1=O. The maximum absolute atomic E-state index is 11.8. The fraction of sp³-hybridized carbons (Fsp3) is 0.375. The summed E-state index contributed by atoms with van der Waals surface area (Å²) in [5, 5.41) is 7.11. The first-order valence-corrected chi connectivity index (χ1v) is 7.31. The van der Waals surface area contributed by atoms with Crippen LogP contribution in [0, 0.1) is 5.92 Å². The molecule has 0 unspecified atom stereocenters. The monoisotopic (exact) mass is 300 g/mol. The van der Waals surface area contributed by atoms with E-state index < -0.39 is 0 Å². The molecule has 0 aliphatic rings. The predicted molar refractivity (Wildman–Crippen MR) is 84.2 cm³/mol. The van der Waals surface area contributed by atoms with Crippen LogP contribution in [0.2, 0.25) is 0 Å². The van der Waals surface area contributed by atoms with Gasteiger partial charge in [-0.1, -0.05) is 13.8 Å². The zero-order valence-electron chi connectivity index (χ0n) is 12.8. The van der Waals surface area contributed by atoms with E-state index in [4.69, 9.17) is 0 Å². The van der Waals surface area contributed by atoms with E-state index in [1.165, 1.54) is 10.7 Å². The topological polar surface area (TPSA) is 76.9 Å². The van der Waals surface area contributed by atoms with E-state index in [-0.39, 0.29) is 11.5 Å². The molecular weight excluding hydrogens is 280 g/mol. The van der Waals surface area contributed by atoms with Gasteiger partial charge in [0, 0.05) is 37.0 Å². The van der Waals surface area contributed by atoms with Crippen molar-refractivity contribution in [1.29, 1.82) is 0 Å². The summed E-state index contributed by atoms with van der Waals surface area (Å²) in [6.45, 7) is 4.71. The number of carbonyl (C=O) groups excluding carboxylic acids is 1. The van der Waals surface area contributed by atoms with Crippen LogP contribution >= 0.6 is 0 Å². The van der Waals surface area contributed by atoms with Crippen molar-refractivity contribution in [3.05, 3.63) is 47.0 Å². The molecule has 0 saturated carbocycles. The van der Waals surface area contributed by atoms with Crippen molar-refractivity contribution in [3.8, 4) is 11.3 Å². The van der Waals surface area contributed by atoms with Crippen LogP contribution in [0.15, 0.2) is 41.5 Å². The van der Waals surface area contributed by atoms with Crippen molar-refractivity contribution < 1.29 is 4.79 Å². The van der Waals surface area contributed by atoms with Crippen LogP contribution in [0.3, 0.4) is 0 Å². The molecule has 2 aromatic heterocycles. The van der Waals surface area contributed by atoms with E-state index >= 15 is 0 Å². The van der Waals surface area contributed by atoms with Crippen LogP contribution in [0.5, 0.6) is 0 Å². The summed E-state index contributed by atoms with van der Waals surface area (Å²) in [6.07, 6.45) is 3.86. The maximum Gasteiger partial charge on any atom is 0.266 e. The molecule has 0 aliphatic carbocycles. The Morgan fingerprint density at radius 2 is 2.14 bits per heavy atom. The molecule has 0 radical (unpaired) electrons. The number of amides is 1. The second-order valence-corrected chi connectivity index (χ2v) is 5.47. The number of carbonyl (C=O) groups is 1.